The summed E-state index contributed by atoms with van der Waals surface area (Å²) in [5, 5.41) is 5.55. The zero-order valence-electron chi connectivity index (χ0n) is 16.8. The summed E-state index contributed by atoms with van der Waals surface area (Å²) in [5.41, 5.74) is 2.09. The Balaban J connectivity index is 2.16. The second kappa shape index (κ2) is 8.68. The topological polar surface area (TPSA) is 85.9 Å². The van der Waals surface area contributed by atoms with E-state index in [2.05, 4.69) is 10.6 Å². The molecule has 0 aliphatic carbocycles. The van der Waals surface area contributed by atoms with Crippen molar-refractivity contribution in [3.8, 4) is 11.5 Å². The molecule has 7 heteroatoms. The molecule has 1 aliphatic heterocycles. The van der Waals surface area contributed by atoms with E-state index in [1.54, 1.807) is 25.3 Å². The molecule has 29 heavy (non-hydrogen) atoms. The highest BCUT2D eigenvalue weighted by molar-refractivity contribution is 6.04. The first kappa shape index (κ1) is 20.3. The minimum atomic E-state index is -0.716. The van der Waals surface area contributed by atoms with Gasteiger partial charge in [0.05, 0.1) is 37.6 Å². The Labute approximate surface area is 169 Å². The van der Waals surface area contributed by atoms with E-state index in [9.17, 15) is 9.59 Å². The van der Waals surface area contributed by atoms with Gasteiger partial charge in [-0.3, -0.25) is 0 Å². The monoisotopic (exact) mass is 396 g/mol. The van der Waals surface area contributed by atoms with E-state index in [0.29, 0.717) is 33.9 Å². The second-order valence-electron chi connectivity index (χ2n) is 6.75. The molecular formula is C22H24N2O5. The van der Waals surface area contributed by atoms with E-state index in [1.807, 2.05) is 44.2 Å². The first-order chi connectivity index (χ1) is 13.9. The van der Waals surface area contributed by atoms with Gasteiger partial charge in [0.25, 0.3) is 0 Å². The minimum Gasteiger partial charge on any atom is -0.493 e. The fourth-order valence-electron chi connectivity index (χ4n) is 3.20. The molecule has 1 aliphatic rings. The van der Waals surface area contributed by atoms with E-state index >= 15 is 0 Å². The van der Waals surface area contributed by atoms with Gasteiger partial charge in [-0.15, -0.1) is 0 Å². The SMILES string of the molecule is COC(=O)C1=C(c2ccccc2)NC(=O)NC1c1ccc(OC)c(OC(C)C)c1. The summed E-state index contributed by atoms with van der Waals surface area (Å²) < 4.78 is 16.2. The van der Waals surface area contributed by atoms with Crippen LogP contribution in [0.2, 0.25) is 0 Å². The van der Waals surface area contributed by atoms with Crippen molar-refractivity contribution < 1.29 is 23.8 Å². The van der Waals surface area contributed by atoms with E-state index < -0.39 is 18.0 Å². The highest BCUT2D eigenvalue weighted by atomic mass is 16.5. The number of nitrogens with one attached hydrogen (secondary N) is 2. The molecule has 0 aromatic heterocycles. The number of carbonyl (C=O) groups excluding carboxylic acids is 2. The number of benzene rings is 2. The molecule has 2 N–H and O–H groups in total. The summed E-state index contributed by atoms with van der Waals surface area (Å²) in [6.07, 6.45) is -0.0720. The molecule has 152 valence electrons. The highest BCUT2D eigenvalue weighted by Crippen LogP contribution is 2.36. The number of urea groups is 1. The van der Waals surface area contributed by atoms with Gasteiger partial charge >= 0.3 is 12.0 Å². The summed E-state index contributed by atoms with van der Waals surface area (Å²) in [5.74, 6) is 0.552. The van der Waals surface area contributed by atoms with Gasteiger partial charge in [-0.1, -0.05) is 36.4 Å². The first-order valence-corrected chi connectivity index (χ1v) is 9.24. The van der Waals surface area contributed by atoms with Crippen LogP contribution in [-0.4, -0.2) is 32.3 Å². The summed E-state index contributed by atoms with van der Waals surface area (Å²) in [6.45, 7) is 3.82. The smallest absolute Gasteiger partial charge is 0.338 e. The molecular weight excluding hydrogens is 372 g/mol. The predicted octanol–water partition coefficient (Wildman–Crippen LogP) is 3.42. The normalized spacial score (nSPS) is 16.2. The molecule has 0 radical (unpaired) electrons. The maximum Gasteiger partial charge on any atom is 0.338 e. The molecule has 1 unspecified atom stereocenters. The van der Waals surface area contributed by atoms with Crippen LogP contribution in [0.5, 0.6) is 11.5 Å². The molecule has 0 bridgehead atoms. The van der Waals surface area contributed by atoms with Crippen molar-refractivity contribution in [3.63, 3.8) is 0 Å². The zero-order valence-corrected chi connectivity index (χ0v) is 16.8. The number of carbonyl (C=O) groups is 2. The Morgan fingerprint density at radius 1 is 1.03 bits per heavy atom. The molecule has 2 amide bonds. The average molecular weight is 396 g/mol. The lowest BCUT2D eigenvalue weighted by Gasteiger charge is -2.29. The van der Waals surface area contributed by atoms with Crippen molar-refractivity contribution in [2.24, 2.45) is 0 Å². The third-order valence-corrected chi connectivity index (χ3v) is 4.42. The van der Waals surface area contributed by atoms with Crippen molar-refractivity contribution in [3.05, 3.63) is 65.2 Å². The third kappa shape index (κ3) is 4.34. The zero-order chi connectivity index (χ0) is 21.0. The largest absolute Gasteiger partial charge is 0.493 e. The number of hydrogen-bond donors (Lipinski definition) is 2. The maximum absolute atomic E-state index is 12.7. The molecule has 2 aromatic rings. The van der Waals surface area contributed by atoms with Crippen molar-refractivity contribution in [2.75, 3.05) is 14.2 Å². The molecule has 0 spiro atoms. The van der Waals surface area contributed by atoms with Crippen LogP contribution in [0, 0.1) is 0 Å². The van der Waals surface area contributed by atoms with Crippen molar-refractivity contribution in [1.29, 1.82) is 0 Å². The predicted molar refractivity (Wildman–Crippen MR) is 109 cm³/mol. The summed E-state index contributed by atoms with van der Waals surface area (Å²) in [7, 11) is 2.87. The fraction of sp³-hybridized carbons (Fsp3) is 0.273. The number of esters is 1. The van der Waals surface area contributed by atoms with E-state index in [4.69, 9.17) is 14.2 Å². The highest BCUT2D eigenvalue weighted by Gasteiger charge is 2.34. The van der Waals surface area contributed by atoms with Gasteiger partial charge < -0.3 is 24.8 Å². The molecule has 0 saturated heterocycles. The van der Waals surface area contributed by atoms with Crippen LogP contribution >= 0.6 is 0 Å². The van der Waals surface area contributed by atoms with Crippen LogP contribution in [0.3, 0.4) is 0 Å². The molecule has 2 aromatic carbocycles. The van der Waals surface area contributed by atoms with E-state index in [0.717, 1.165) is 0 Å². The Hall–Kier alpha value is -3.48. The Bertz CT molecular complexity index is 937. The minimum absolute atomic E-state index is 0.0720. The molecule has 7 nitrogen and oxygen atoms in total. The lowest BCUT2D eigenvalue weighted by atomic mass is 9.92. The lowest BCUT2D eigenvalue weighted by molar-refractivity contribution is -0.136. The van der Waals surface area contributed by atoms with Gasteiger partial charge in [0.15, 0.2) is 11.5 Å². The van der Waals surface area contributed by atoms with Gasteiger partial charge in [-0.25, -0.2) is 9.59 Å². The quantitative estimate of drug-likeness (QED) is 0.731. The number of amides is 2. The molecule has 3 rings (SSSR count). The van der Waals surface area contributed by atoms with E-state index in [-0.39, 0.29) is 6.10 Å². The van der Waals surface area contributed by atoms with Crippen molar-refractivity contribution in [2.45, 2.75) is 26.0 Å². The van der Waals surface area contributed by atoms with Gasteiger partial charge in [0.2, 0.25) is 0 Å². The summed E-state index contributed by atoms with van der Waals surface area (Å²) in [4.78, 5) is 25.1. The number of rotatable bonds is 6. The van der Waals surface area contributed by atoms with Gasteiger partial charge in [-0.2, -0.15) is 0 Å². The van der Waals surface area contributed by atoms with Crippen LogP contribution in [0.1, 0.15) is 31.0 Å². The summed E-state index contributed by atoms with van der Waals surface area (Å²) in [6, 6.07) is 13.3. The lowest BCUT2D eigenvalue weighted by Crippen LogP contribution is -2.45. The van der Waals surface area contributed by atoms with Crippen LogP contribution in [0.25, 0.3) is 5.70 Å². The van der Waals surface area contributed by atoms with E-state index in [1.165, 1.54) is 7.11 Å². The van der Waals surface area contributed by atoms with Crippen LogP contribution in [0.4, 0.5) is 4.79 Å². The average Bonchev–Trinajstić information content (AvgIpc) is 2.72. The van der Waals surface area contributed by atoms with Crippen LogP contribution in [-0.2, 0) is 9.53 Å². The summed E-state index contributed by atoms with van der Waals surface area (Å²) >= 11 is 0. The molecule has 1 heterocycles. The van der Waals surface area contributed by atoms with Crippen LogP contribution < -0.4 is 20.1 Å². The maximum atomic E-state index is 12.7. The molecule has 1 atom stereocenters. The standard InChI is InChI=1S/C22H24N2O5/c1-13(2)29-17-12-15(10-11-16(17)27-3)20-18(21(25)28-4)19(23-22(26)24-20)14-8-6-5-7-9-14/h5-13,20H,1-4H3,(H2,23,24,26). The van der Waals surface area contributed by atoms with Crippen molar-refractivity contribution >= 4 is 17.7 Å². The number of hydrogen-bond acceptors (Lipinski definition) is 5. The second-order valence-corrected chi connectivity index (χ2v) is 6.75. The Morgan fingerprint density at radius 3 is 2.38 bits per heavy atom. The van der Waals surface area contributed by atoms with Crippen molar-refractivity contribution in [1.82, 2.24) is 10.6 Å². The van der Waals surface area contributed by atoms with Gasteiger partial charge in [0.1, 0.15) is 0 Å². The Morgan fingerprint density at radius 2 is 1.76 bits per heavy atom. The fourth-order valence-corrected chi connectivity index (χ4v) is 3.20. The number of methoxy groups -OCH3 is 2. The van der Waals surface area contributed by atoms with Gasteiger partial charge in [-0.05, 0) is 37.1 Å². The molecule has 0 saturated carbocycles. The number of ether oxygens (including phenoxy) is 3. The first-order valence-electron chi connectivity index (χ1n) is 9.24. The third-order valence-electron chi connectivity index (χ3n) is 4.42. The van der Waals surface area contributed by atoms with Crippen LogP contribution in [0.15, 0.2) is 54.1 Å². The van der Waals surface area contributed by atoms with Gasteiger partial charge in [0, 0.05) is 0 Å². The Kier molecular flexibility index (Phi) is 6.07. The molecule has 0 fully saturated rings.